The molecule has 0 bridgehead atoms. The molecule has 0 spiro atoms. The Bertz CT molecular complexity index is 597. The van der Waals surface area contributed by atoms with Gasteiger partial charge in [-0.15, -0.1) is 13.2 Å². The molecule has 0 aliphatic heterocycles. The molecular formula is C15H15F3N2O. The van der Waals surface area contributed by atoms with Crippen LogP contribution in [0.3, 0.4) is 0 Å². The standard InChI is InChI=1S/C15H15F3N2O/c1-10-7-12(9-20-8-10)14(19-2)11-3-5-13(6-4-11)21-15(16,17)18/h3-9,14,19H,1-2H3. The number of hydrogen-bond donors (Lipinski definition) is 1. The lowest BCUT2D eigenvalue weighted by Gasteiger charge is -2.18. The van der Waals surface area contributed by atoms with Gasteiger partial charge in [0, 0.05) is 12.4 Å². The molecule has 0 amide bonds. The van der Waals surface area contributed by atoms with Crippen molar-refractivity contribution >= 4 is 0 Å². The van der Waals surface area contributed by atoms with E-state index in [1.807, 2.05) is 13.0 Å². The van der Waals surface area contributed by atoms with E-state index in [2.05, 4.69) is 15.0 Å². The minimum absolute atomic E-state index is 0.141. The molecule has 0 aliphatic rings. The molecule has 1 aromatic heterocycles. The Morgan fingerprint density at radius 1 is 1.10 bits per heavy atom. The van der Waals surface area contributed by atoms with Crippen molar-refractivity contribution in [1.29, 1.82) is 0 Å². The highest BCUT2D eigenvalue weighted by molar-refractivity contribution is 5.35. The number of rotatable bonds is 4. The number of alkyl halides is 3. The SMILES string of the molecule is CNC(c1ccc(OC(F)(F)F)cc1)c1cncc(C)c1. The van der Waals surface area contributed by atoms with Crippen LogP contribution in [0, 0.1) is 6.92 Å². The van der Waals surface area contributed by atoms with E-state index in [1.165, 1.54) is 12.1 Å². The van der Waals surface area contributed by atoms with Crippen LogP contribution < -0.4 is 10.1 Å². The number of halogens is 3. The smallest absolute Gasteiger partial charge is 0.406 e. The zero-order chi connectivity index (χ0) is 15.5. The van der Waals surface area contributed by atoms with E-state index >= 15 is 0 Å². The summed E-state index contributed by atoms with van der Waals surface area (Å²) in [5, 5.41) is 3.13. The van der Waals surface area contributed by atoms with Crippen LogP contribution in [0.5, 0.6) is 5.75 Å². The lowest BCUT2D eigenvalue weighted by Crippen LogP contribution is -2.19. The zero-order valence-corrected chi connectivity index (χ0v) is 11.6. The summed E-state index contributed by atoms with van der Waals surface area (Å²) >= 11 is 0. The Balaban J connectivity index is 2.23. The molecule has 1 N–H and O–H groups in total. The van der Waals surface area contributed by atoms with Crippen LogP contribution in [-0.2, 0) is 0 Å². The summed E-state index contributed by atoms with van der Waals surface area (Å²) in [6.45, 7) is 1.93. The van der Waals surface area contributed by atoms with Crippen LogP contribution in [0.1, 0.15) is 22.7 Å². The van der Waals surface area contributed by atoms with E-state index in [0.29, 0.717) is 0 Å². The zero-order valence-electron chi connectivity index (χ0n) is 11.6. The monoisotopic (exact) mass is 296 g/mol. The van der Waals surface area contributed by atoms with Crippen molar-refractivity contribution in [2.24, 2.45) is 0 Å². The first-order valence-electron chi connectivity index (χ1n) is 6.33. The second-order valence-electron chi connectivity index (χ2n) is 4.63. The van der Waals surface area contributed by atoms with Gasteiger partial charge >= 0.3 is 6.36 Å². The molecule has 2 aromatic rings. The largest absolute Gasteiger partial charge is 0.573 e. The fourth-order valence-electron chi connectivity index (χ4n) is 2.12. The lowest BCUT2D eigenvalue weighted by atomic mass is 9.99. The van der Waals surface area contributed by atoms with Gasteiger partial charge in [0.1, 0.15) is 5.75 Å². The lowest BCUT2D eigenvalue weighted by molar-refractivity contribution is -0.274. The molecule has 0 saturated heterocycles. The summed E-state index contributed by atoms with van der Waals surface area (Å²) < 4.78 is 40.3. The Morgan fingerprint density at radius 2 is 1.76 bits per heavy atom. The predicted molar refractivity (Wildman–Crippen MR) is 73.0 cm³/mol. The molecule has 21 heavy (non-hydrogen) atoms. The van der Waals surface area contributed by atoms with E-state index in [4.69, 9.17) is 0 Å². The summed E-state index contributed by atoms with van der Waals surface area (Å²) in [5.74, 6) is -0.233. The number of pyridine rings is 1. The van der Waals surface area contributed by atoms with Crippen LogP contribution in [-0.4, -0.2) is 18.4 Å². The van der Waals surface area contributed by atoms with Crippen LogP contribution in [0.4, 0.5) is 13.2 Å². The van der Waals surface area contributed by atoms with E-state index in [0.717, 1.165) is 16.7 Å². The summed E-state index contributed by atoms with van der Waals surface area (Å²) in [6.07, 6.45) is -1.20. The van der Waals surface area contributed by atoms with Crippen molar-refractivity contribution in [2.75, 3.05) is 7.05 Å². The molecule has 6 heteroatoms. The highest BCUT2D eigenvalue weighted by atomic mass is 19.4. The van der Waals surface area contributed by atoms with Crippen LogP contribution in [0.15, 0.2) is 42.7 Å². The number of aromatic nitrogens is 1. The number of nitrogens with one attached hydrogen (secondary N) is 1. The number of nitrogens with zero attached hydrogens (tertiary/aromatic N) is 1. The quantitative estimate of drug-likeness (QED) is 0.936. The molecule has 0 aliphatic carbocycles. The average Bonchev–Trinajstić information content (AvgIpc) is 2.40. The molecule has 1 unspecified atom stereocenters. The Kier molecular flexibility index (Phi) is 4.47. The topological polar surface area (TPSA) is 34.1 Å². The van der Waals surface area contributed by atoms with E-state index in [-0.39, 0.29) is 11.8 Å². The molecule has 112 valence electrons. The van der Waals surface area contributed by atoms with Gasteiger partial charge in [-0.2, -0.15) is 0 Å². The van der Waals surface area contributed by atoms with Gasteiger partial charge in [0.25, 0.3) is 0 Å². The van der Waals surface area contributed by atoms with Gasteiger partial charge in [0.2, 0.25) is 0 Å². The molecule has 0 radical (unpaired) electrons. The second-order valence-corrected chi connectivity index (χ2v) is 4.63. The van der Waals surface area contributed by atoms with Gasteiger partial charge in [0.05, 0.1) is 6.04 Å². The molecule has 0 saturated carbocycles. The Morgan fingerprint density at radius 3 is 2.29 bits per heavy atom. The highest BCUT2D eigenvalue weighted by Crippen LogP contribution is 2.26. The predicted octanol–water partition coefficient (Wildman–Crippen LogP) is 3.60. The van der Waals surface area contributed by atoms with Crippen molar-refractivity contribution in [2.45, 2.75) is 19.3 Å². The summed E-state index contributed by atoms with van der Waals surface area (Å²) in [7, 11) is 1.78. The van der Waals surface area contributed by atoms with E-state index in [9.17, 15) is 13.2 Å². The van der Waals surface area contributed by atoms with Gasteiger partial charge in [-0.05, 0) is 42.8 Å². The number of hydrogen-bond acceptors (Lipinski definition) is 3. The summed E-state index contributed by atoms with van der Waals surface area (Å²) in [5.41, 5.74) is 2.80. The van der Waals surface area contributed by atoms with Crippen molar-refractivity contribution < 1.29 is 17.9 Å². The van der Waals surface area contributed by atoms with Gasteiger partial charge in [-0.1, -0.05) is 18.2 Å². The Hall–Kier alpha value is -2.08. The second kappa shape index (κ2) is 6.13. The summed E-state index contributed by atoms with van der Waals surface area (Å²) in [6, 6.07) is 7.65. The summed E-state index contributed by atoms with van der Waals surface area (Å²) in [4.78, 5) is 4.13. The number of ether oxygens (including phenoxy) is 1. The maximum Gasteiger partial charge on any atom is 0.573 e. The van der Waals surface area contributed by atoms with Gasteiger partial charge in [-0.3, -0.25) is 4.98 Å². The third kappa shape index (κ3) is 4.19. The minimum atomic E-state index is -4.68. The van der Waals surface area contributed by atoms with Gasteiger partial charge in [-0.25, -0.2) is 0 Å². The third-order valence-corrected chi connectivity index (χ3v) is 2.97. The van der Waals surface area contributed by atoms with Gasteiger partial charge in [0.15, 0.2) is 0 Å². The van der Waals surface area contributed by atoms with Crippen LogP contribution in [0.2, 0.25) is 0 Å². The highest BCUT2D eigenvalue weighted by Gasteiger charge is 2.31. The number of aryl methyl sites for hydroxylation is 1. The Labute approximate surface area is 120 Å². The first-order valence-corrected chi connectivity index (χ1v) is 6.33. The molecule has 0 fully saturated rings. The number of benzene rings is 1. The van der Waals surface area contributed by atoms with Crippen molar-refractivity contribution in [3.63, 3.8) is 0 Å². The molecule has 3 nitrogen and oxygen atoms in total. The minimum Gasteiger partial charge on any atom is -0.406 e. The maximum absolute atomic E-state index is 12.1. The van der Waals surface area contributed by atoms with Crippen molar-refractivity contribution in [1.82, 2.24) is 10.3 Å². The molecule has 1 heterocycles. The first kappa shape index (κ1) is 15.3. The average molecular weight is 296 g/mol. The van der Waals surface area contributed by atoms with Crippen molar-refractivity contribution in [3.8, 4) is 5.75 Å². The van der Waals surface area contributed by atoms with E-state index < -0.39 is 6.36 Å². The fourth-order valence-corrected chi connectivity index (χ4v) is 2.12. The molecule has 1 aromatic carbocycles. The third-order valence-electron chi connectivity index (χ3n) is 2.97. The molecule has 2 rings (SSSR count). The van der Waals surface area contributed by atoms with Gasteiger partial charge < -0.3 is 10.1 Å². The van der Waals surface area contributed by atoms with Crippen LogP contribution >= 0.6 is 0 Å². The first-order chi connectivity index (χ1) is 9.89. The van der Waals surface area contributed by atoms with Crippen LogP contribution in [0.25, 0.3) is 0 Å². The van der Waals surface area contributed by atoms with Crippen molar-refractivity contribution in [3.05, 3.63) is 59.4 Å². The van der Waals surface area contributed by atoms with E-state index in [1.54, 1.807) is 31.6 Å². The maximum atomic E-state index is 12.1. The molecule has 1 atom stereocenters. The molecular weight excluding hydrogens is 281 g/mol. The normalized spacial score (nSPS) is 13.0. The fraction of sp³-hybridized carbons (Fsp3) is 0.267.